The second-order valence-corrected chi connectivity index (χ2v) is 5.55. The Labute approximate surface area is 109 Å². The third-order valence-corrected chi connectivity index (χ3v) is 4.05. The van der Waals surface area contributed by atoms with Crippen LogP contribution in [0.2, 0.25) is 5.02 Å². The molecule has 1 heterocycles. The van der Waals surface area contributed by atoms with Crippen molar-refractivity contribution in [3.05, 3.63) is 34.9 Å². The van der Waals surface area contributed by atoms with Crippen LogP contribution >= 0.6 is 11.6 Å². The van der Waals surface area contributed by atoms with Gasteiger partial charge in [-0.3, -0.25) is 4.90 Å². The van der Waals surface area contributed by atoms with Crippen molar-refractivity contribution in [2.75, 3.05) is 19.6 Å². The number of halogens is 1. The number of piperazine rings is 1. The first-order chi connectivity index (χ1) is 8.13. The molecule has 0 radical (unpaired) electrons. The van der Waals surface area contributed by atoms with Gasteiger partial charge >= 0.3 is 0 Å². The van der Waals surface area contributed by atoms with Crippen LogP contribution in [-0.2, 0) is 6.54 Å². The third kappa shape index (κ3) is 3.21. The normalized spacial score (nSPS) is 26.1. The predicted octanol–water partition coefficient (Wildman–Crippen LogP) is 2.91. The van der Waals surface area contributed by atoms with Gasteiger partial charge in [0.25, 0.3) is 0 Å². The Balaban J connectivity index is 2.02. The van der Waals surface area contributed by atoms with Gasteiger partial charge in [-0.2, -0.15) is 0 Å². The van der Waals surface area contributed by atoms with Gasteiger partial charge in [0.2, 0.25) is 0 Å². The lowest BCUT2D eigenvalue weighted by atomic mass is 9.95. The second kappa shape index (κ2) is 5.38. The molecule has 1 saturated heterocycles. The molecule has 0 amide bonds. The Bertz CT molecular complexity index is 380. The van der Waals surface area contributed by atoms with E-state index in [9.17, 15) is 0 Å². The highest BCUT2D eigenvalue weighted by Gasteiger charge is 2.28. The number of nitrogens with zero attached hydrogens (tertiary/aromatic N) is 1. The lowest BCUT2D eigenvalue weighted by Crippen LogP contribution is -2.58. The van der Waals surface area contributed by atoms with Gasteiger partial charge in [0.1, 0.15) is 0 Å². The van der Waals surface area contributed by atoms with E-state index in [0.717, 1.165) is 37.6 Å². The highest BCUT2D eigenvalue weighted by Crippen LogP contribution is 2.21. The molecule has 17 heavy (non-hydrogen) atoms. The molecule has 2 rings (SSSR count). The molecule has 94 valence electrons. The zero-order chi connectivity index (χ0) is 12.3. The average molecular weight is 253 g/mol. The molecule has 3 heteroatoms. The molecule has 1 aromatic carbocycles. The first kappa shape index (κ1) is 12.9. The first-order valence-electron chi connectivity index (χ1n) is 6.34. The van der Waals surface area contributed by atoms with Gasteiger partial charge in [-0.25, -0.2) is 0 Å². The largest absolute Gasteiger partial charge is 0.309 e. The highest BCUT2D eigenvalue weighted by atomic mass is 35.5. The summed E-state index contributed by atoms with van der Waals surface area (Å²) < 4.78 is 0. The lowest BCUT2D eigenvalue weighted by molar-refractivity contribution is 0.134. The van der Waals surface area contributed by atoms with E-state index in [1.165, 1.54) is 5.56 Å². The molecule has 0 bridgehead atoms. The molecule has 1 aromatic rings. The number of hydrogen-bond acceptors (Lipinski definition) is 2. The van der Waals surface area contributed by atoms with E-state index in [1.54, 1.807) is 0 Å². The fourth-order valence-electron chi connectivity index (χ4n) is 2.38. The molecule has 1 unspecified atom stereocenters. The van der Waals surface area contributed by atoms with Crippen LogP contribution in [0, 0.1) is 0 Å². The number of nitrogens with one attached hydrogen (secondary N) is 1. The molecule has 0 aromatic heterocycles. The number of benzene rings is 1. The minimum Gasteiger partial charge on any atom is -0.309 e. The van der Waals surface area contributed by atoms with Gasteiger partial charge in [-0.1, -0.05) is 36.7 Å². The molecular formula is C14H21ClN2. The van der Waals surface area contributed by atoms with Crippen LogP contribution in [0.5, 0.6) is 0 Å². The van der Waals surface area contributed by atoms with Crippen LogP contribution in [0.4, 0.5) is 0 Å². The number of hydrogen-bond donors (Lipinski definition) is 1. The molecular weight excluding hydrogens is 232 g/mol. The Morgan fingerprint density at radius 3 is 2.88 bits per heavy atom. The zero-order valence-corrected chi connectivity index (χ0v) is 11.4. The van der Waals surface area contributed by atoms with E-state index >= 15 is 0 Å². The van der Waals surface area contributed by atoms with Gasteiger partial charge in [0.05, 0.1) is 0 Å². The summed E-state index contributed by atoms with van der Waals surface area (Å²) in [6.07, 6.45) is 1.16. The Morgan fingerprint density at radius 2 is 2.18 bits per heavy atom. The van der Waals surface area contributed by atoms with Crippen molar-refractivity contribution in [2.24, 2.45) is 0 Å². The maximum Gasteiger partial charge on any atom is 0.0451 e. The van der Waals surface area contributed by atoms with Crippen molar-refractivity contribution < 1.29 is 0 Å². The van der Waals surface area contributed by atoms with Crippen molar-refractivity contribution in [1.29, 1.82) is 0 Å². The van der Waals surface area contributed by atoms with E-state index in [-0.39, 0.29) is 5.54 Å². The summed E-state index contributed by atoms with van der Waals surface area (Å²) in [4.78, 5) is 2.49. The maximum atomic E-state index is 6.21. The van der Waals surface area contributed by atoms with Crippen molar-refractivity contribution in [1.82, 2.24) is 10.2 Å². The van der Waals surface area contributed by atoms with Crippen molar-refractivity contribution in [2.45, 2.75) is 32.4 Å². The second-order valence-electron chi connectivity index (χ2n) is 5.14. The monoisotopic (exact) mass is 252 g/mol. The van der Waals surface area contributed by atoms with Crippen molar-refractivity contribution in [3.63, 3.8) is 0 Å². The molecule has 0 saturated carbocycles. The molecule has 1 atom stereocenters. The fraction of sp³-hybridized carbons (Fsp3) is 0.571. The SMILES string of the molecule is CCC1(C)CN(Cc2ccccc2Cl)CCN1. The third-order valence-electron chi connectivity index (χ3n) is 3.68. The first-order valence-corrected chi connectivity index (χ1v) is 6.71. The van der Waals surface area contributed by atoms with Crippen LogP contribution in [0.15, 0.2) is 24.3 Å². The summed E-state index contributed by atoms with van der Waals surface area (Å²) in [5, 5.41) is 4.48. The molecule has 0 spiro atoms. The van der Waals surface area contributed by atoms with Crippen LogP contribution < -0.4 is 5.32 Å². The average Bonchev–Trinajstić information content (AvgIpc) is 2.32. The quantitative estimate of drug-likeness (QED) is 0.890. The van der Waals surface area contributed by atoms with E-state index in [4.69, 9.17) is 11.6 Å². The summed E-state index contributed by atoms with van der Waals surface area (Å²) in [6.45, 7) is 8.75. The predicted molar refractivity (Wildman–Crippen MR) is 73.4 cm³/mol. The lowest BCUT2D eigenvalue weighted by Gasteiger charge is -2.41. The van der Waals surface area contributed by atoms with Gasteiger partial charge < -0.3 is 5.32 Å². The van der Waals surface area contributed by atoms with Crippen molar-refractivity contribution >= 4 is 11.6 Å². The summed E-state index contributed by atoms with van der Waals surface area (Å²) in [5.41, 5.74) is 1.48. The van der Waals surface area contributed by atoms with Crippen LogP contribution in [0.25, 0.3) is 0 Å². The fourth-order valence-corrected chi connectivity index (χ4v) is 2.58. The molecule has 0 aliphatic carbocycles. The molecule has 1 fully saturated rings. The van der Waals surface area contributed by atoms with Crippen LogP contribution in [0.3, 0.4) is 0 Å². The van der Waals surface area contributed by atoms with Crippen LogP contribution in [-0.4, -0.2) is 30.1 Å². The minimum atomic E-state index is 0.250. The summed E-state index contributed by atoms with van der Waals surface area (Å²) in [7, 11) is 0. The van der Waals surface area contributed by atoms with Crippen LogP contribution in [0.1, 0.15) is 25.8 Å². The summed E-state index contributed by atoms with van der Waals surface area (Å²) in [6, 6.07) is 8.13. The van der Waals surface area contributed by atoms with E-state index in [2.05, 4.69) is 36.2 Å². The summed E-state index contributed by atoms with van der Waals surface area (Å²) >= 11 is 6.21. The Kier molecular flexibility index (Phi) is 4.08. The minimum absolute atomic E-state index is 0.250. The molecule has 1 N–H and O–H groups in total. The van der Waals surface area contributed by atoms with Gasteiger partial charge in [0, 0.05) is 36.7 Å². The van der Waals surface area contributed by atoms with Crippen molar-refractivity contribution in [3.8, 4) is 0 Å². The maximum absolute atomic E-state index is 6.21. The topological polar surface area (TPSA) is 15.3 Å². The van der Waals surface area contributed by atoms with Gasteiger partial charge in [0.15, 0.2) is 0 Å². The summed E-state index contributed by atoms with van der Waals surface area (Å²) in [5.74, 6) is 0. The van der Waals surface area contributed by atoms with E-state index in [1.807, 2.05) is 12.1 Å². The molecule has 1 aliphatic rings. The van der Waals surface area contributed by atoms with E-state index < -0.39 is 0 Å². The number of rotatable bonds is 3. The smallest absolute Gasteiger partial charge is 0.0451 e. The van der Waals surface area contributed by atoms with Gasteiger partial charge in [-0.05, 0) is 25.0 Å². The Morgan fingerprint density at radius 1 is 1.41 bits per heavy atom. The molecule has 2 nitrogen and oxygen atoms in total. The zero-order valence-electron chi connectivity index (χ0n) is 10.7. The van der Waals surface area contributed by atoms with Gasteiger partial charge in [-0.15, -0.1) is 0 Å². The van der Waals surface area contributed by atoms with E-state index in [0.29, 0.717) is 0 Å². The Hall–Kier alpha value is -0.570. The highest BCUT2D eigenvalue weighted by molar-refractivity contribution is 6.31. The standard InChI is InChI=1S/C14H21ClN2/c1-3-14(2)11-17(9-8-16-14)10-12-6-4-5-7-13(12)15/h4-7,16H,3,8-11H2,1-2H3. The molecule has 1 aliphatic heterocycles.